The molecule has 0 saturated heterocycles. The highest BCUT2D eigenvalue weighted by atomic mass is 16.3. The van der Waals surface area contributed by atoms with Crippen LogP contribution in [0.25, 0.3) is 0 Å². The first kappa shape index (κ1) is 5.96. The topological polar surface area (TPSA) is 20.2 Å². The molecular weight excluding hydrogens is 76.1 g/mol. The van der Waals surface area contributed by atoms with E-state index < -0.39 is 5.60 Å². The van der Waals surface area contributed by atoms with Crippen molar-refractivity contribution in [3.05, 3.63) is 13.3 Å². The van der Waals surface area contributed by atoms with E-state index in [1.54, 1.807) is 6.92 Å². The van der Waals surface area contributed by atoms with E-state index in [0.29, 0.717) is 0 Å². The second kappa shape index (κ2) is 1.61. The smallest absolute Gasteiger partial charge is 0.0684 e. The molecule has 0 aliphatic carbocycles. The molecule has 35 valence electrons. The normalized spacial score (nSPS) is 12.0. The lowest BCUT2D eigenvalue weighted by Gasteiger charge is -2.10. The lowest BCUT2D eigenvalue weighted by atomic mass is 10.1. The van der Waals surface area contributed by atoms with Crippen molar-refractivity contribution in [2.45, 2.75) is 19.4 Å². The maximum absolute atomic E-state index is 8.55. The van der Waals surface area contributed by atoms with Gasteiger partial charge in [-0.3, -0.25) is 0 Å². The molecule has 0 aliphatic rings. The average molecular weight is 85.1 g/mol. The third-order valence-corrected chi connectivity index (χ3v) is 0.584. The van der Waals surface area contributed by atoms with Crippen molar-refractivity contribution in [2.75, 3.05) is 0 Å². The monoisotopic (exact) mass is 85.1 g/mol. The zero-order valence-electron chi connectivity index (χ0n) is 4.10. The summed E-state index contributed by atoms with van der Waals surface area (Å²) >= 11 is 0. The first-order chi connectivity index (χ1) is 2.56. The Balaban J connectivity index is 3.17. The molecule has 0 aromatic carbocycles. The van der Waals surface area contributed by atoms with Gasteiger partial charge in [0.15, 0.2) is 0 Å². The Morgan fingerprint density at radius 2 is 2.00 bits per heavy atom. The molecule has 0 saturated carbocycles. The van der Waals surface area contributed by atoms with Gasteiger partial charge in [0.2, 0.25) is 0 Å². The summed E-state index contributed by atoms with van der Waals surface area (Å²) in [6, 6.07) is 0. The maximum atomic E-state index is 8.55. The SMILES string of the molecule is [CH]C(C)(O)[CH]C. The van der Waals surface area contributed by atoms with Gasteiger partial charge in [-0.2, -0.15) is 0 Å². The van der Waals surface area contributed by atoms with Crippen molar-refractivity contribution in [2.24, 2.45) is 0 Å². The molecule has 1 nitrogen and oxygen atoms in total. The Morgan fingerprint density at radius 1 is 1.83 bits per heavy atom. The van der Waals surface area contributed by atoms with Crippen LogP contribution in [0.1, 0.15) is 13.8 Å². The van der Waals surface area contributed by atoms with Gasteiger partial charge in [-0.25, -0.2) is 0 Å². The van der Waals surface area contributed by atoms with Crippen LogP contribution in [0.4, 0.5) is 0 Å². The standard InChI is InChI=1S/C5H9O/c1-4-5(2,3)6/h2,4,6H,1,3H3. The third kappa shape index (κ3) is 3.96. The number of rotatable bonds is 1. The molecule has 0 spiro atoms. The summed E-state index contributed by atoms with van der Waals surface area (Å²) in [6.07, 6.45) is 1.52. The number of hydrogen-bond donors (Lipinski definition) is 1. The van der Waals surface area contributed by atoms with E-state index in [-0.39, 0.29) is 0 Å². The molecule has 0 aromatic heterocycles. The van der Waals surface area contributed by atoms with Crippen molar-refractivity contribution in [3.8, 4) is 0 Å². The van der Waals surface area contributed by atoms with Crippen LogP contribution in [0.2, 0.25) is 0 Å². The summed E-state index contributed by atoms with van der Waals surface area (Å²) < 4.78 is 0. The van der Waals surface area contributed by atoms with E-state index in [1.807, 2.05) is 0 Å². The van der Waals surface area contributed by atoms with Gasteiger partial charge in [-0.05, 0) is 20.3 Å². The third-order valence-electron chi connectivity index (χ3n) is 0.584. The molecule has 1 atom stereocenters. The van der Waals surface area contributed by atoms with E-state index >= 15 is 0 Å². The Morgan fingerprint density at radius 3 is 2.00 bits per heavy atom. The highest BCUT2D eigenvalue weighted by Gasteiger charge is 2.06. The zero-order valence-corrected chi connectivity index (χ0v) is 4.10. The molecule has 3 radical (unpaired) electrons. The van der Waals surface area contributed by atoms with Gasteiger partial charge in [0.05, 0.1) is 5.60 Å². The summed E-state index contributed by atoms with van der Waals surface area (Å²) in [5, 5.41) is 8.55. The Kier molecular flexibility index (Phi) is 1.59. The van der Waals surface area contributed by atoms with E-state index in [4.69, 9.17) is 12.0 Å². The minimum Gasteiger partial charge on any atom is -0.390 e. The summed E-state index contributed by atoms with van der Waals surface area (Å²) in [5.41, 5.74) is -1.08. The van der Waals surface area contributed by atoms with Crippen LogP contribution in [0, 0.1) is 13.3 Å². The first-order valence-corrected chi connectivity index (χ1v) is 1.88. The molecule has 0 amide bonds. The van der Waals surface area contributed by atoms with Crippen LogP contribution in [-0.4, -0.2) is 10.7 Å². The highest BCUT2D eigenvalue weighted by molar-refractivity contribution is 4.86. The molecule has 1 heteroatoms. The van der Waals surface area contributed by atoms with Crippen molar-refractivity contribution in [3.63, 3.8) is 0 Å². The van der Waals surface area contributed by atoms with Gasteiger partial charge in [0.25, 0.3) is 0 Å². The van der Waals surface area contributed by atoms with Crippen LogP contribution >= 0.6 is 0 Å². The Bertz CT molecular complexity index is 33.7. The van der Waals surface area contributed by atoms with E-state index in [2.05, 4.69) is 0 Å². The van der Waals surface area contributed by atoms with Crippen LogP contribution < -0.4 is 0 Å². The predicted molar refractivity (Wildman–Crippen MR) is 24.9 cm³/mol. The largest absolute Gasteiger partial charge is 0.390 e. The molecule has 0 aromatic rings. The van der Waals surface area contributed by atoms with Crippen molar-refractivity contribution in [1.82, 2.24) is 0 Å². The molecule has 1 unspecified atom stereocenters. The molecule has 0 heterocycles. The van der Waals surface area contributed by atoms with Gasteiger partial charge in [0.1, 0.15) is 0 Å². The van der Waals surface area contributed by atoms with Crippen LogP contribution in [-0.2, 0) is 0 Å². The molecule has 0 bridgehead atoms. The minimum absolute atomic E-state index is 1.08. The van der Waals surface area contributed by atoms with Crippen molar-refractivity contribution >= 4 is 0 Å². The predicted octanol–water partition coefficient (Wildman–Crippen LogP) is 0.673. The van der Waals surface area contributed by atoms with Gasteiger partial charge < -0.3 is 5.11 Å². The number of hydrogen-bond acceptors (Lipinski definition) is 1. The molecule has 0 rings (SSSR count). The molecule has 6 heavy (non-hydrogen) atoms. The van der Waals surface area contributed by atoms with Gasteiger partial charge in [-0.15, -0.1) is 0 Å². The van der Waals surface area contributed by atoms with Crippen LogP contribution in [0.3, 0.4) is 0 Å². The minimum atomic E-state index is -1.08. The van der Waals surface area contributed by atoms with Crippen LogP contribution in [0.5, 0.6) is 0 Å². The fraction of sp³-hybridized carbons (Fsp3) is 0.600. The second-order valence-corrected chi connectivity index (χ2v) is 1.51. The van der Waals surface area contributed by atoms with E-state index in [1.165, 1.54) is 13.3 Å². The molecule has 0 fully saturated rings. The maximum Gasteiger partial charge on any atom is 0.0684 e. The summed E-state index contributed by atoms with van der Waals surface area (Å²) in [6.45, 7) is 8.26. The number of aliphatic hydroxyl groups is 1. The summed E-state index contributed by atoms with van der Waals surface area (Å²) in [5.74, 6) is 0. The zero-order chi connectivity index (χ0) is 5.21. The van der Waals surface area contributed by atoms with E-state index in [0.717, 1.165) is 0 Å². The molecular formula is C5H9O. The van der Waals surface area contributed by atoms with E-state index in [9.17, 15) is 0 Å². The van der Waals surface area contributed by atoms with Gasteiger partial charge in [-0.1, -0.05) is 6.92 Å². The summed E-state index contributed by atoms with van der Waals surface area (Å²) in [4.78, 5) is 0. The lowest BCUT2D eigenvalue weighted by molar-refractivity contribution is 0.144. The lowest BCUT2D eigenvalue weighted by Crippen LogP contribution is -2.17. The van der Waals surface area contributed by atoms with Crippen molar-refractivity contribution in [1.29, 1.82) is 0 Å². The average Bonchev–Trinajstić information content (AvgIpc) is 1.35. The van der Waals surface area contributed by atoms with Crippen LogP contribution in [0.15, 0.2) is 0 Å². The quantitative estimate of drug-likeness (QED) is 0.496. The summed E-state index contributed by atoms with van der Waals surface area (Å²) in [7, 11) is 0. The Hall–Kier alpha value is -0.0400. The second-order valence-electron chi connectivity index (χ2n) is 1.51. The first-order valence-electron chi connectivity index (χ1n) is 1.88. The van der Waals surface area contributed by atoms with Gasteiger partial charge >= 0.3 is 0 Å². The molecule has 0 aliphatic heterocycles. The van der Waals surface area contributed by atoms with Crippen molar-refractivity contribution < 1.29 is 5.11 Å². The fourth-order valence-corrected chi connectivity index (χ4v) is 0. The van der Waals surface area contributed by atoms with Gasteiger partial charge in [0, 0.05) is 0 Å². The Labute approximate surface area is 39.0 Å². The highest BCUT2D eigenvalue weighted by Crippen LogP contribution is 2.01. The fourth-order valence-electron chi connectivity index (χ4n) is 0. The molecule has 1 N–H and O–H groups in total.